The molecular formula is C17H17FN4O4S. The molecule has 0 bridgehead atoms. The SMILES string of the molecule is O=C1CN(c2c(O)ccc(-c3cc(C4CC4)n(C4CC4)n3)c2F)S(=O)(=O)N1. The largest absolute Gasteiger partial charge is 0.506 e. The zero-order chi connectivity index (χ0) is 18.9. The first-order chi connectivity index (χ1) is 12.8. The molecule has 1 saturated heterocycles. The third kappa shape index (κ3) is 2.66. The summed E-state index contributed by atoms with van der Waals surface area (Å²) in [5, 5.41) is 14.6. The number of aromatic hydroxyl groups is 1. The summed E-state index contributed by atoms with van der Waals surface area (Å²) in [6.07, 6.45) is 4.26. The minimum absolute atomic E-state index is 0.0960. The third-order valence-corrected chi connectivity index (χ3v) is 6.47. The third-order valence-electron chi connectivity index (χ3n) is 5.09. The molecule has 3 aliphatic rings. The van der Waals surface area contributed by atoms with Gasteiger partial charge in [0.2, 0.25) is 0 Å². The van der Waals surface area contributed by atoms with Crippen molar-refractivity contribution in [1.82, 2.24) is 14.5 Å². The van der Waals surface area contributed by atoms with Crippen LogP contribution in [0, 0.1) is 5.82 Å². The van der Waals surface area contributed by atoms with Crippen molar-refractivity contribution in [2.45, 2.75) is 37.6 Å². The molecule has 1 aromatic heterocycles. The van der Waals surface area contributed by atoms with Crippen LogP contribution in [0.3, 0.4) is 0 Å². The number of aromatic nitrogens is 2. The average Bonchev–Trinajstić information content (AvgIpc) is 3.51. The highest BCUT2D eigenvalue weighted by Crippen LogP contribution is 2.47. The van der Waals surface area contributed by atoms with Gasteiger partial charge in [-0.1, -0.05) is 0 Å². The average molecular weight is 392 g/mol. The number of nitrogens with one attached hydrogen (secondary N) is 1. The molecule has 0 spiro atoms. The molecule has 8 nitrogen and oxygen atoms in total. The molecule has 2 aliphatic carbocycles. The molecule has 1 aromatic carbocycles. The van der Waals surface area contributed by atoms with Gasteiger partial charge in [-0.2, -0.15) is 13.5 Å². The number of amides is 1. The van der Waals surface area contributed by atoms with Crippen molar-refractivity contribution in [2.75, 3.05) is 10.8 Å². The topological polar surface area (TPSA) is 105 Å². The predicted molar refractivity (Wildman–Crippen MR) is 93.9 cm³/mol. The fourth-order valence-corrected chi connectivity index (χ4v) is 4.64. The number of hydrogen-bond acceptors (Lipinski definition) is 5. The van der Waals surface area contributed by atoms with E-state index in [1.54, 1.807) is 4.72 Å². The van der Waals surface area contributed by atoms with Crippen LogP contribution in [-0.4, -0.2) is 35.8 Å². The van der Waals surface area contributed by atoms with Crippen molar-refractivity contribution in [3.63, 3.8) is 0 Å². The van der Waals surface area contributed by atoms with E-state index in [1.165, 1.54) is 12.1 Å². The number of phenolic OH excluding ortho intramolecular Hbond substituents is 1. The minimum atomic E-state index is -4.23. The van der Waals surface area contributed by atoms with Crippen LogP contribution < -0.4 is 9.03 Å². The van der Waals surface area contributed by atoms with Crippen molar-refractivity contribution in [3.8, 4) is 17.0 Å². The maximum absolute atomic E-state index is 15.3. The van der Waals surface area contributed by atoms with Gasteiger partial charge in [-0.3, -0.25) is 9.48 Å². The summed E-state index contributed by atoms with van der Waals surface area (Å²) in [6, 6.07) is 4.79. The van der Waals surface area contributed by atoms with Gasteiger partial charge in [-0.05, 0) is 43.9 Å². The first-order valence-corrected chi connectivity index (χ1v) is 10.2. The molecule has 1 amide bonds. The van der Waals surface area contributed by atoms with Gasteiger partial charge in [-0.25, -0.2) is 13.4 Å². The Bertz CT molecular complexity index is 1040. The Labute approximate surface area is 154 Å². The number of rotatable bonds is 4. The normalized spacial score (nSPS) is 21.5. The van der Waals surface area contributed by atoms with Crippen LogP contribution in [0.2, 0.25) is 0 Å². The van der Waals surface area contributed by atoms with Crippen LogP contribution in [-0.2, 0) is 15.0 Å². The van der Waals surface area contributed by atoms with E-state index in [9.17, 15) is 18.3 Å². The number of anilines is 1. The molecule has 3 fully saturated rings. The Morgan fingerprint density at radius 2 is 1.96 bits per heavy atom. The lowest BCUT2D eigenvalue weighted by atomic mass is 10.1. The predicted octanol–water partition coefficient (Wildman–Crippen LogP) is 1.79. The van der Waals surface area contributed by atoms with Crippen molar-refractivity contribution in [3.05, 3.63) is 29.7 Å². The smallest absolute Gasteiger partial charge is 0.326 e. The summed E-state index contributed by atoms with van der Waals surface area (Å²) < 4.78 is 43.7. The molecule has 2 saturated carbocycles. The first kappa shape index (κ1) is 16.5. The summed E-state index contributed by atoms with van der Waals surface area (Å²) in [4.78, 5) is 11.5. The Kier molecular flexibility index (Phi) is 3.34. The van der Waals surface area contributed by atoms with Crippen molar-refractivity contribution in [2.24, 2.45) is 0 Å². The van der Waals surface area contributed by atoms with Gasteiger partial charge in [0.25, 0.3) is 5.91 Å². The van der Waals surface area contributed by atoms with E-state index in [0.717, 1.165) is 31.4 Å². The highest BCUT2D eigenvalue weighted by molar-refractivity contribution is 7.92. The second-order valence-electron chi connectivity index (χ2n) is 7.24. The number of carbonyl (C=O) groups is 1. The summed E-state index contributed by atoms with van der Waals surface area (Å²) in [6.45, 7) is -0.583. The van der Waals surface area contributed by atoms with Crippen LogP contribution in [0.1, 0.15) is 43.3 Å². The molecule has 0 radical (unpaired) electrons. The van der Waals surface area contributed by atoms with E-state index in [2.05, 4.69) is 5.10 Å². The van der Waals surface area contributed by atoms with Crippen LogP contribution in [0.25, 0.3) is 11.3 Å². The summed E-state index contributed by atoms with van der Waals surface area (Å²) in [5.74, 6) is -1.82. The van der Waals surface area contributed by atoms with E-state index in [1.807, 2.05) is 10.7 Å². The fourth-order valence-electron chi connectivity index (χ4n) is 3.47. The van der Waals surface area contributed by atoms with Crippen molar-refractivity contribution in [1.29, 1.82) is 0 Å². The highest BCUT2D eigenvalue weighted by atomic mass is 32.2. The molecule has 2 heterocycles. The zero-order valence-electron chi connectivity index (χ0n) is 14.2. The Morgan fingerprint density at radius 1 is 1.22 bits per heavy atom. The van der Waals surface area contributed by atoms with Gasteiger partial charge in [0.1, 0.15) is 18.0 Å². The van der Waals surface area contributed by atoms with Crippen LogP contribution in [0.15, 0.2) is 18.2 Å². The van der Waals surface area contributed by atoms with E-state index in [0.29, 0.717) is 22.0 Å². The van der Waals surface area contributed by atoms with E-state index in [4.69, 9.17) is 0 Å². The minimum Gasteiger partial charge on any atom is -0.506 e. The first-order valence-electron chi connectivity index (χ1n) is 8.80. The lowest BCUT2D eigenvalue weighted by Gasteiger charge is -2.18. The molecule has 27 heavy (non-hydrogen) atoms. The maximum Gasteiger partial charge on any atom is 0.326 e. The summed E-state index contributed by atoms with van der Waals surface area (Å²) >= 11 is 0. The van der Waals surface area contributed by atoms with E-state index >= 15 is 4.39 Å². The van der Waals surface area contributed by atoms with Gasteiger partial charge in [-0.15, -0.1) is 0 Å². The number of benzene rings is 1. The molecule has 0 unspecified atom stereocenters. The molecule has 2 aromatic rings. The molecule has 142 valence electrons. The van der Waals surface area contributed by atoms with Crippen molar-refractivity contribution < 1.29 is 22.7 Å². The van der Waals surface area contributed by atoms with Gasteiger partial charge in [0.05, 0.1) is 11.7 Å². The Hall–Kier alpha value is -2.62. The summed E-state index contributed by atoms with van der Waals surface area (Å²) in [5.41, 5.74) is 1.03. The second-order valence-corrected chi connectivity index (χ2v) is 8.83. The van der Waals surface area contributed by atoms with Crippen LogP contribution in [0.5, 0.6) is 5.75 Å². The maximum atomic E-state index is 15.3. The van der Waals surface area contributed by atoms with Crippen molar-refractivity contribution >= 4 is 21.8 Å². The van der Waals surface area contributed by atoms with Crippen LogP contribution >= 0.6 is 0 Å². The molecule has 2 N–H and O–H groups in total. The number of phenols is 1. The molecule has 1 aliphatic heterocycles. The van der Waals surface area contributed by atoms with Crippen LogP contribution in [0.4, 0.5) is 10.1 Å². The number of carbonyl (C=O) groups excluding carboxylic acids is 1. The van der Waals surface area contributed by atoms with Gasteiger partial charge in [0, 0.05) is 17.2 Å². The molecular weight excluding hydrogens is 375 g/mol. The number of halogens is 1. The van der Waals surface area contributed by atoms with Gasteiger partial charge in [0.15, 0.2) is 5.82 Å². The van der Waals surface area contributed by atoms with E-state index in [-0.39, 0.29) is 5.56 Å². The Morgan fingerprint density at radius 3 is 2.56 bits per heavy atom. The number of hydrogen-bond donors (Lipinski definition) is 2. The van der Waals surface area contributed by atoms with E-state index < -0.39 is 39.9 Å². The molecule has 10 heteroatoms. The van der Waals surface area contributed by atoms with Gasteiger partial charge < -0.3 is 5.11 Å². The number of nitrogens with zero attached hydrogens (tertiary/aromatic N) is 3. The lowest BCUT2D eigenvalue weighted by Crippen LogP contribution is -2.30. The van der Waals surface area contributed by atoms with Gasteiger partial charge >= 0.3 is 10.2 Å². The Balaban J connectivity index is 1.63. The molecule has 5 rings (SSSR count). The fraction of sp³-hybridized carbons (Fsp3) is 0.412. The standard InChI is InChI=1S/C17H17FN4O4S/c18-16-11(12-7-13(9-1-2-9)22(19-12)10-3-4-10)5-6-14(23)17(16)21-8-15(24)20-27(21,25)26/h5-7,9-10,23H,1-4,8H2,(H,20,24). The quantitative estimate of drug-likeness (QED) is 0.825. The summed E-state index contributed by atoms with van der Waals surface area (Å²) in [7, 11) is -4.23. The second kappa shape index (κ2) is 5.44. The molecule has 0 atom stereocenters. The lowest BCUT2D eigenvalue weighted by molar-refractivity contribution is -0.117. The monoisotopic (exact) mass is 392 g/mol. The highest BCUT2D eigenvalue weighted by Gasteiger charge is 2.39. The zero-order valence-corrected chi connectivity index (χ0v) is 15.0.